The molecular weight excluding hydrogens is 248 g/mol. The Balaban J connectivity index is 0.00000137. The molecule has 1 fully saturated rings. The number of nitrogens with one attached hydrogen (secondary N) is 2. The van der Waals surface area contributed by atoms with Crippen LogP contribution in [0, 0.1) is 5.92 Å². The van der Waals surface area contributed by atoms with Gasteiger partial charge in [-0.3, -0.25) is 4.79 Å². The zero-order valence-corrected chi connectivity index (χ0v) is 13.1. The number of carbonyl (C=O) groups excluding carboxylic acids is 1. The Hall–Kier alpha value is -0.260. The van der Waals surface area contributed by atoms with E-state index in [1.165, 1.54) is 0 Å². The number of rotatable bonds is 6. The first-order valence-electron chi connectivity index (χ1n) is 6.97. The minimum atomic E-state index is -0.957. The third kappa shape index (κ3) is 5.59. The van der Waals surface area contributed by atoms with Crippen LogP contribution in [0.3, 0.4) is 0 Å². The fourth-order valence-electron chi connectivity index (χ4n) is 1.96. The molecule has 0 saturated carbocycles. The topological polar surface area (TPSA) is 58.2 Å². The second-order valence-electron chi connectivity index (χ2n) is 4.51. The van der Waals surface area contributed by atoms with Crippen molar-refractivity contribution in [3.63, 3.8) is 0 Å². The summed E-state index contributed by atoms with van der Waals surface area (Å²) < 4.78 is 14.5. The quantitative estimate of drug-likeness (QED) is 0.775. The second kappa shape index (κ2) is 9.64. The van der Waals surface area contributed by atoms with Gasteiger partial charge in [0.2, 0.25) is 0 Å². The van der Waals surface area contributed by atoms with Crippen molar-refractivity contribution < 1.29 is 9.00 Å². The number of Topliss-reactive ketones (excluding diaryl/α,β-unsaturated/α-hetero) is 1. The molecule has 0 aromatic carbocycles. The molecule has 0 aromatic heterocycles. The van der Waals surface area contributed by atoms with Gasteiger partial charge in [-0.2, -0.15) is 0 Å². The van der Waals surface area contributed by atoms with Crippen LogP contribution in [0.5, 0.6) is 0 Å². The fraction of sp³-hybridized carbons (Fsp3) is 0.923. The average Bonchev–Trinajstić information content (AvgIpc) is 2.76. The van der Waals surface area contributed by atoms with Crippen molar-refractivity contribution >= 4 is 16.8 Å². The van der Waals surface area contributed by atoms with Crippen molar-refractivity contribution in [1.29, 1.82) is 0 Å². The van der Waals surface area contributed by atoms with Gasteiger partial charge in [-0.25, -0.2) is 8.93 Å². The van der Waals surface area contributed by atoms with Crippen LogP contribution in [0.15, 0.2) is 0 Å². The Morgan fingerprint density at radius 1 is 1.44 bits per heavy atom. The van der Waals surface area contributed by atoms with Crippen LogP contribution in [0.4, 0.5) is 0 Å². The molecule has 1 saturated heterocycles. The van der Waals surface area contributed by atoms with Gasteiger partial charge in [0, 0.05) is 12.5 Å². The third-order valence-corrected chi connectivity index (χ3v) is 4.40. The Kier molecular flexibility index (Phi) is 9.50. The first kappa shape index (κ1) is 17.7. The zero-order chi connectivity index (χ0) is 14.1. The highest BCUT2D eigenvalue weighted by atomic mass is 32.2. The fourth-order valence-corrected chi connectivity index (χ4v) is 3.22. The summed E-state index contributed by atoms with van der Waals surface area (Å²) in [6, 6.07) is -0.140. The molecule has 18 heavy (non-hydrogen) atoms. The van der Waals surface area contributed by atoms with Crippen molar-refractivity contribution in [1.82, 2.24) is 10.0 Å². The molecule has 1 heterocycles. The lowest BCUT2D eigenvalue weighted by molar-refractivity contribution is -0.124. The van der Waals surface area contributed by atoms with Gasteiger partial charge in [0.25, 0.3) is 0 Å². The van der Waals surface area contributed by atoms with Crippen LogP contribution in [-0.4, -0.2) is 34.4 Å². The largest absolute Gasteiger partial charge is 0.308 e. The van der Waals surface area contributed by atoms with Crippen LogP contribution in [0.25, 0.3) is 0 Å². The Morgan fingerprint density at radius 3 is 2.44 bits per heavy atom. The number of carbonyl (C=O) groups is 1. The lowest BCUT2D eigenvalue weighted by Gasteiger charge is -2.21. The Bertz CT molecular complexity index is 270. The van der Waals surface area contributed by atoms with Crippen LogP contribution in [0.1, 0.15) is 47.5 Å². The first-order valence-corrected chi connectivity index (χ1v) is 8.18. The Morgan fingerprint density at radius 2 is 2.06 bits per heavy atom. The molecule has 5 heteroatoms. The molecule has 3 unspecified atom stereocenters. The number of ketones is 1. The van der Waals surface area contributed by atoms with Gasteiger partial charge in [-0.1, -0.05) is 34.6 Å². The predicted molar refractivity (Wildman–Crippen MR) is 77.8 cm³/mol. The van der Waals surface area contributed by atoms with E-state index >= 15 is 0 Å². The van der Waals surface area contributed by atoms with E-state index < -0.39 is 11.0 Å². The zero-order valence-electron chi connectivity index (χ0n) is 12.3. The van der Waals surface area contributed by atoms with Crippen molar-refractivity contribution in [2.75, 3.05) is 13.1 Å². The van der Waals surface area contributed by atoms with E-state index in [0.717, 1.165) is 19.5 Å². The molecule has 108 valence electrons. The molecule has 1 aliphatic rings. The molecule has 0 radical (unpaired) electrons. The van der Waals surface area contributed by atoms with Gasteiger partial charge in [0.15, 0.2) is 5.78 Å². The highest BCUT2D eigenvalue weighted by Gasteiger charge is 2.29. The monoisotopic (exact) mass is 276 g/mol. The summed E-state index contributed by atoms with van der Waals surface area (Å²) in [5.74, 6) is 0.262. The highest BCUT2D eigenvalue weighted by Crippen LogP contribution is 2.16. The molecule has 0 aromatic rings. The van der Waals surface area contributed by atoms with E-state index in [0.29, 0.717) is 6.42 Å². The summed E-state index contributed by atoms with van der Waals surface area (Å²) in [6.45, 7) is 11.4. The maximum Gasteiger partial charge on any atom is 0.152 e. The summed E-state index contributed by atoms with van der Waals surface area (Å²) in [4.78, 5) is 11.9. The smallest absolute Gasteiger partial charge is 0.152 e. The Labute approximate surface area is 114 Å². The molecule has 1 rings (SSSR count). The van der Waals surface area contributed by atoms with Gasteiger partial charge in [0.05, 0.1) is 22.3 Å². The van der Waals surface area contributed by atoms with Gasteiger partial charge >= 0.3 is 0 Å². The molecule has 0 bridgehead atoms. The van der Waals surface area contributed by atoms with Crippen LogP contribution in [0.2, 0.25) is 0 Å². The number of hydrogen-bond donors (Lipinski definition) is 2. The van der Waals surface area contributed by atoms with E-state index in [-0.39, 0.29) is 23.0 Å². The van der Waals surface area contributed by atoms with Crippen LogP contribution < -0.4 is 10.0 Å². The minimum absolute atomic E-state index is 0.0341. The van der Waals surface area contributed by atoms with E-state index in [2.05, 4.69) is 10.0 Å². The number of likely N-dealkylation sites (N-methyl/N-ethyl adjacent to an activating group) is 1. The summed E-state index contributed by atoms with van der Waals surface area (Å²) in [5.41, 5.74) is 0. The molecule has 0 aliphatic carbocycles. The lowest BCUT2D eigenvalue weighted by Crippen LogP contribution is -2.41. The van der Waals surface area contributed by atoms with Gasteiger partial charge in [0.1, 0.15) is 0 Å². The first-order chi connectivity index (χ1) is 8.56. The molecule has 3 atom stereocenters. The standard InChI is InChI=1S/C11H22N2O2S.C2H6/c1-4-12-10(11(14)8(2)3)7-9-5-6-13-16(9)15;1-2/h8-10,12-13H,4-7H2,1-3H3;1-2H3. The van der Waals surface area contributed by atoms with Crippen molar-refractivity contribution in [2.24, 2.45) is 5.92 Å². The van der Waals surface area contributed by atoms with Crippen LogP contribution in [-0.2, 0) is 15.8 Å². The molecule has 0 spiro atoms. The third-order valence-electron chi connectivity index (χ3n) is 2.87. The number of hydrogen-bond acceptors (Lipinski definition) is 3. The average molecular weight is 276 g/mol. The normalized spacial score (nSPS) is 24.6. The molecule has 4 nitrogen and oxygen atoms in total. The summed E-state index contributed by atoms with van der Waals surface area (Å²) >= 11 is 0. The van der Waals surface area contributed by atoms with Gasteiger partial charge < -0.3 is 5.32 Å². The maximum atomic E-state index is 11.9. The summed E-state index contributed by atoms with van der Waals surface area (Å²) in [6.07, 6.45) is 1.59. The van der Waals surface area contributed by atoms with E-state index in [4.69, 9.17) is 0 Å². The SMILES string of the molecule is CC.CCNC(CC1CCNS1=O)C(=O)C(C)C. The van der Waals surface area contributed by atoms with E-state index in [1.807, 2.05) is 34.6 Å². The van der Waals surface area contributed by atoms with Crippen LogP contribution >= 0.6 is 0 Å². The molecule has 2 N–H and O–H groups in total. The van der Waals surface area contributed by atoms with Gasteiger partial charge in [-0.05, 0) is 19.4 Å². The minimum Gasteiger partial charge on any atom is -0.308 e. The summed E-state index contributed by atoms with van der Waals surface area (Å²) in [7, 11) is -0.957. The molecular formula is C13H28N2O2S. The maximum absolute atomic E-state index is 11.9. The van der Waals surface area contributed by atoms with Gasteiger partial charge in [-0.15, -0.1) is 0 Å². The van der Waals surface area contributed by atoms with Crippen molar-refractivity contribution in [3.8, 4) is 0 Å². The van der Waals surface area contributed by atoms with E-state index in [1.54, 1.807) is 0 Å². The second-order valence-corrected chi connectivity index (χ2v) is 6.06. The predicted octanol–water partition coefficient (Wildman–Crippen LogP) is 1.63. The lowest BCUT2D eigenvalue weighted by atomic mass is 9.97. The molecule has 0 amide bonds. The molecule has 1 aliphatic heterocycles. The van der Waals surface area contributed by atoms with Crippen molar-refractivity contribution in [2.45, 2.75) is 58.8 Å². The van der Waals surface area contributed by atoms with E-state index in [9.17, 15) is 9.00 Å². The van der Waals surface area contributed by atoms with Crippen molar-refractivity contribution in [3.05, 3.63) is 0 Å². The summed E-state index contributed by atoms with van der Waals surface area (Å²) in [5, 5.41) is 3.32. The highest BCUT2D eigenvalue weighted by molar-refractivity contribution is 7.83.